The Balaban J connectivity index is 2.74. The van der Waals surface area contributed by atoms with Gasteiger partial charge < -0.3 is 5.11 Å². The zero-order chi connectivity index (χ0) is 13.9. The molecule has 3 nitrogen and oxygen atoms in total. The highest BCUT2D eigenvalue weighted by Crippen LogP contribution is 2.39. The predicted octanol–water partition coefficient (Wildman–Crippen LogP) is 4.00. The first-order valence-electron chi connectivity index (χ1n) is 5.20. The molecule has 18 heavy (non-hydrogen) atoms. The second-order valence-corrected chi connectivity index (χ2v) is 5.38. The fourth-order valence-corrected chi connectivity index (χ4v) is 2.68. The predicted molar refractivity (Wildman–Crippen MR) is 72.4 cm³/mol. The third kappa shape index (κ3) is 3.64. The van der Waals surface area contributed by atoms with Crippen LogP contribution in [0.4, 0.5) is 0 Å². The van der Waals surface area contributed by atoms with Crippen LogP contribution in [0.15, 0.2) is 20.7 Å². The second-order valence-electron chi connectivity index (χ2n) is 3.78. The van der Waals surface area contributed by atoms with E-state index in [1.165, 1.54) is 0 Å². The van der Waals surface area contributed by atoms with Crippen LogP contribution in [0.25, 0.3) is 0 Å². The zero-order valence-corrected chi connectivity index (χ0v) is 12.2. The number of hydrogen-bond donors (Lipinski definition) is 1. The molecule has 0 fully saturated rings. The highest BCUT2D eigenvalue weighted by Gasteiger charge is 2.32. The SMILES string of the molecule is O=C(O)CCCCC1=C(Cl)C(Cl)C(=O)C(Cl)=C1Cl. The van der Waals surface area contributed by atoms with Gasteiger partial charge in [-0.25, -0.2) is 0 Å². The van der Waals surface area contributed by atoms with Crippen LogP contribution in [0.5, 0.6) is 0 Å². The smallest absolute Gasteiger partial charge is 0.303 e. The van der Waals surface area contributed by atoms with Gasteiger partial charge in [-0.1, -0.05) is 34.8 Å². The summed E-state index contributed by atoms with van der Waals surface area (Å²) in [6.45, 7) is 0. The fourth-order valence-electron chi connectivity index (χ4n) is 1.53. The van der Waals surface area contributed by atoms with E-state index in [1.807, 2.05) is 0 Å². The van der Waals surface area contributed by atoms with E-state index in [0.29, 0.717) is 24.8 Å². The van der Waals surface area contributed by atoms with Crippen molar-refractivity contribution in [1.29, 1.82) is 0 Å². The van der Waals surface area contributed by atoms with E-state index in [1.54, 1.807) is 0 Å². The molecule has 1 rings (SSSR count). The number of aliphatic carboxylic acids is 1. The molecule has 0 bridgehead atoms. The molecule has 0 aromatic carbocycles. The van der Waals surface area contributed by atoms with Crippen LogP contribution in [0.2, 0.25) is 0 Å². The van der Waals surface area contributed by atoms with Crippen molar-refractivity contribution in [2.24, 2.45) is 0 Å². The molecule has 0 spiro atoms. The molecule has 1 unspecified atom stereocenters. The molecule has 0 heterocycles. The monoisotopic (exact) mass is 330 g/mol. The summed E-state index contributed by atoms with van der Waals surface area (Å²) in [6.07, 6.45) is 1.59. The number of carboxylic acid groups (broad SMARTS) is 1. The first-order chi connectivity index (χ1) is 8.36. The van der Waals surface area contributed by atoms with Crippen molar-refractivity contribution in [1.82, 2.24) is 0 Å². The summed E-state index contributed by atoms with van der Waals surface area (Å²) < 4.78 is 0. The van der Waals surface area contributed by atoms with Gasteiger partial charge in [0.25, 0.3) is 0 Å². The van der Waals surface area contributed by atoms with E-state index in [2.05, 4.69) is 0 Å². The van der Waals surface area contributed by atoms with Crippen molar-refractivity contribution >= 4 is 58.2 Å². The lowest BCUT2D eigenvalue weighted by molar-refractivity contribution is -0.137. The van der Waals surface area contributed by atoms with Crippen LogP contribution in [0, 0.1) is 0 Å². The third-order valence-electron chi connectivity index (χ3n) is 2.48. The van der Waals surface area contributed by atoms with Crippen LogP contribution in [0.3, 0.4) is 0 Å². The van der Waals surface area contributed by atoms with Crippen LogP contribution >= 0.6 is 46.4 Å². The molecule has 1 N–H and O–H groups in total. The Labute approximate surface area is 124 Å². The van der Waals surface area contributed by atoms with Crippen LogP contribution in [-0.2, 0) is 9.59 Å². The van der Waals surface area contributed by atoms with Crippen molar-refractivity contribution in [2.75, 3.05) is 0 Å². The van der Waals surface area contributed by atoms with Gasteiger partial charge in [0.2, 0.25) is 0 Å². The number of carboxylic acids is 1. The summed E-state index contributed by atoms with van der Waals surface area (Å²) in [6, 6.07) is 0. The molecular weight excluding hydrogens is 322 g/mol. The molecule has 7 heteroatoms. The zero-order valence-electron chi connectivity index (χ0n) is 9.18. The van der Waals surface area contributed by atoms with Crippen molar-refractivity contribution in [2.45, 2.75) is 31.1 Å². The van der Waals surface area contributed by atoms with E-state index in [0.717, 1.165) is 0 Å². The average molecular weight is 332 g/mol. The summed E-state index contributed by atoms with van der Waals surface area (Å²) in [7, 11) is 0. The molecule has 0 saturated heterocycles. The average Bonchev–Trinajstić information content (AvgIpc) is 2.32. The molecule has 1 atom stereocenters. The van der Waals surface area contributed by atoms with E-state index in [9.17, 15) is 9.59 Å². The minimum Gasteiger partial charge on any atom is -0.481 e. The summed E-state index contributed by atoms with van der Waals surface area (Å²) in [5, 5.41) is 7.68. The number of Topliss-reactive ketones (excluding diaryl/α,β-unsaturated/α-hetero) is 1. The number of hydrogen-bond acceptors (Lipinski definition) is 2. The van der Waals surface area contributed by atoms with Crippen molar-refractivity contribution in [3.8, 4) is 0 Å². The van der Waals surface area contributed by atoms with Gasteiger partial charge in [0.1, 0.15) is 10.4 Å². The van der Waals surface area contributed by atoms with Crippen LogP contribution in [-0.4, -0.2) is 22.2 Å². The van der Waals surface area contributed by atoms with Gasteiger partial charge in [-0.15, -0.1) is 11.6 Å². The normalized spacial score (nSPS) is 20.7. The van der Waals surface area contributed by atoms with Crippen molar-refractivity contribution in [3.63, 3.8) is 0 Å². The summed E-state index contributed by atoms with van der Waals surface area (Å²) in [4.78, 5) is 21.9. The lowest BCUT2D eigenvalue weighted by Gasteiger charge is -2.19. The topological polar surface area (TPSA) is 54.4 Å². The molecular formula is C11H10Cl4O3. The molecule has 1 aliphatic carbocycles. The van der Waals surface area contributed by atoms with Gasteiger partial charge in [0.15, 0.2) is 5.78 Å². The number of carbonyl (C=O) groups excluding carboxylic acids is 1. The van der Waals surface area contributed by atoms with E-state index in [4.69, 9.17) is 51.5 Å². The number of unbranched alkanes of at least 4 members (excludes halogenated alkanes) is 1. The van der Waals surface area contributed by atoms with Crippen LogP contribution < -0.4 is 0 Å². The number of allylic oxidation sites excluding steroid dienone is 4. The molecule has 0 amide bonds. The number of alkyl halides is 1. The Morgan fingerprint density at radius 2 is 1.78 bits per heavy atom. The largest absolute Gasteiger partial charge is 0.481 e. The fraction of sp³-hybridized carbons (Fsp3) is 0.455. The molecule has 0 radical (unpaired) electrons. The van der Waals surface area contributed by atoms with Crippen LogP contribution in [0.1, 0.15) is 25.7 Å². The lowest BCUT2D eigenvalue weighted by Crippen LogP contribution is -2.21. The number of ketones is 1. The van der Waals surface area contributed by atoms with Gasteiger partial charge in [-0.05, 0) is 24.8 Å². The van der Waals surface area contributed by atoms with Gasteiger partial charge in [-0.3, -0.25) is 9.59 Å². The molecule has 100 valence electrons. The molecule has 0 aromatic rings. The molecule has 0 aromatic heterocycles. The number of carbonyl (C=O) groups is 2. The quantitative estimate of drug-likeness (QED) is 0.611. The standard InChI is InChI=1S/C11H10Cl4O3/c12-7-5(3-1-2-4-6(16)17)8(13)10(15)11(18)9(7)14/h9H,1-4H2,(H,16,17). The Hall–Kier alpha value is -0.220. The Bertz CT molecular complexity index is 440. The van der Waals surface area contributed by atoms with Gasteiger partial charge in [0, 0.05) is 11.5 Å². The van der Waals surface area contributed by atoms with E-state index in [-0.39, 0.29) is 21.5 Å². The molecule has 0 aliphatic heterocycles. The number of halogens is 4. The first kappa shape index (κ1) is 15.8. The molecule has 0 saturated carbocycles. The minimum absolute atomic E-state index is 0.0726. The number of rotatable bonds is 5. The van der Waals surface area contributed by atoms with Crippen molar-refractivity contribution in [3.05, 3.63) is 20.7 Å². The summed E-state index contributed by atoms with van der Waals surface area (Å²) in [5.74, 6) is -1.37. The highest BCUT2D eigenvalue weighted by molar-refractivity contribution is 6.57. The van der Waals surface area contributed by atoms with Crippen molar-refractivity contribution < 1.29 is 14.7 Å². The Morgan fingerprint density at radius 1 is 1.17 bits per heavy atom. The maximum absolute atomic E-state index is 11.5. The maximum Gasteiger partial charge on any atom is 0.303 e. The Morgan fingerprint density at radius 3 is 2.33 bits per heavy atom. The highest BCUT2D eigenvalue weighted by atomic mass is 35.5. The summed E-state index contributed by atoms with van der Waals surface area (Å²) in [5.41, 5.74) is 0.522. The van der Waals surface area contributed by atoms with E-state index < -0.39 is 17.1 Å². The van der Waals surface area contributed by atoms with Gasteiger partial charge in [-0.2, -0.15) is 0 Å². The van der Waals surface area contributed by atoms with E-state index >= 15 is 0 Å². The third-order valence-corrected chi connectivity index (χ3v) is 4.35. The molecule has 1 aliphatic rings. The first-order valence-corrected chi connectivity index (χ1v) is 6.77. The minimum atomic E-state index is -1.00. The lowest BCUT2D eigenvalue weighted by atomic mass is 9.99. The Kier molecular flexibility index (Phi) is 5.99. The van der Waals surface area contributed by atoms with Gasteiger partial charge in [0.05, 0.1) is 5.03 Å². The van der Waals surface area contributed by atoms with Gasteiger partial charge >= 0.3 is 5.97 Å². The summed E-state index contributed by atoms with van der Waals surface area (Å²) >= 11 is 23.5. The maximum atomic E-state index is 11.5. The second kappa shape index (κ2) is 6.80.